The zero-order chi connectivity index (χ0) is 21.5. The zero-order valence-corrected chi connectivity index (χ0v) is 16.6. The van der Waals surface area contributed by atoms with Crippen LogP contribution in [0.1, 0.15) is 23.5 Å². The minimum Gasteiger partial charge on any atom is -0.480 e. The molecule has 3 N–H and O–H groups in total. The van der Waals surface area contributed by atoms with Crippen molar-refractivity contribution in [1.82, 2.24) is 10.6 Å². The lowest BCUT2D eigenvalue weighted by molar-refractivity contribution is -0.143. The number of benzene rings is 2. The van der Waals surface area contributed by atoms with Crippen LogP contribution in [0.3, 0.4) is 0 Å². The van der Waals surface area contributed by atoms with Gasteiger partial charge < -0.3 is 25.2 Å². The quantitative estimate of drug-likeness (QED) is 0.581. The molecule has 0 saturated heterocycles. The van der Waals surface area contributed by atoms with Crippen molar-refractivity contribution in [1.29, 1.82) is 0 Å². The Labute approximate surface area is 174 Å². The highest BCUT2D eigenvalue weighted by Gasteiger charge is 2.29. The van der Waals surface area contributed by atoms with Crippen molar-refractivity contribution in [2.45, 2.75) is 18.4 Å². The standard InChI is InChI=1S/C22H24N2O6/c1-29-13-19(21(26)27)24-20(25)10-11-23-22(28)30-12-18-16-8-4-2-6-14(16)15-7-3-5-9-17(15)18/h2-9,18-19H,10-13H2,1H3,(H,23,28)(H,24,25)(H,26,27). The smallest absolute Gasteiger partial charge is 0.407 e. The Kier molecular flexibility index (Phi) is 7.03. The molecule has 8 nitrogen and oxygen atoms in total. The molecule has 2 aromatic carbocycles. The van der Waals surface area contributed by atoms with Gasteiger partial charge in [-0.05, 0) is 22.3 Å². The van der Waals surface area contributed by atoms with Crippen molar-refractivity contribution < 1.29 is 29.0 Å². The SMILES string of the molecule is COCC(NC(=O)CCNC(=O)OCC1c2ccccc2-c2ccccc21)C(=O)O. The molecule has 1 unspecified atom stereocenters. The molecule has 0 heterocycles. The van der Waals surface area contributed by atoms with E-state index in [2.05, 4.69) is 22.8 Å². The number of amides is 2. The van der Waals surface area contributed by atoms with Gasteiger partial charge in [0, 0.05) is 26.0 Å². The number of methoxy groups -OCH3 is 1. The van der Waals surface area contributed by atoms with Crippen LogP contribution in [0.15, 0.2) is 48.5 Å². The Morgan fingerprint density at radius 2 is 1.63 bits per heavy atom. The second-order valence-electron chi connectivity index (χ2n) is 6.92. The molecule has 0 saturated carbocycles. The van der Waals surface area contributed by atoms with Crippen molar-refractivity contribution in [3.05, 3.63) is 59.7 Å². The van der Waals surface area contributed by atoms with E-state index in [1.807, 2.05) is 36.4 Å². The lowest BCUT2D eigenvalue weighted by Crippen LogP contribution is -2.44. The Bertz CT molecular complexity index is 884. The molecular weight excluding hydrogens is 388 g/mol. The Hall–Kier alpha value is -3.39. The summed E-state index contributed by atoms with van der Waals surface area (Å²) in [4.78, 5) is 34.9. The van der Waals surface area contributed by atoms with Crippen LogP contribution in [0.25, 0.3) is 11.1 Å². The maximum Gasteiger partial charge on any atom is 0.407 e. The van der Waals surface area contributed by atoms with Crippen molar-refractivity contribution in [3.8, 4) is 11.1 Å². The molecule has 0 aromatic heterocycles. The molecule has 0 fully saturated rings. The van der Waals surface area contributed by atoms with E-state index in [-0.39, 0.29) is 32.1 Å². The molecule has 2 aromatic rings. The van der Waals surface area contributed by atoms with Gasteiger partial charge in [-0.2, -0.15) is 0 Å². The van der Waals surface area contributed by atoms with Crippen LogP contribution in [0.2, 0.25) is 0 Å². The largest absolute Gasteiger partial charge is 0.480 e. The maximum atomic E-state index is 12.1. The average Bonchev–Trinajstić information content (AvgIpc) is 3.06. The summed E-state index contributed by atoms with van der Waals surface area (Å²) < 4.78 is 10.1. The van der Waals surface area contributed by atoms with E-state index in [1.165, 1.54) is 7.11 Å². The molecule has 0 aliphatic heterocycles. The molecule has 0 spiro atoms. The summed E-state index contributed by atoms with van der Waals surface area (Å²) in [6.45, 7) is 0.0731. The lowest BCUT2D eigenvalue weighted by atomic mass is 9.98. The van der Waals surface area contributed by atoms with Crippen LogP contribution in [-0.2, 0) is 19.1 Å². The predicted molar refractivity (Wildman–Crippen MR) is 109 cm³/mol. The summed E-state index contributed by atoms with van der Waals surface area (Å²) >= 11 is 0. The molecule has 1 aliphatic rings. The van der Waals surface area contributed by atoms with Gasteiger partial charge in [-0.3, -0.25) is 4.79 Å². The van der Waals surface area contributed by atoms with Gasteiger partial charge in [0.05, 0.1) is 6.61 Å². The fourth-order valence-corrected chi connectivity index (χ4v) is 3.54. The summed E-state index contributed by atoms with van der Waals surface area (Å²) in [5.41, 5.74) is 4.51. The number of rotatable bonds is 9. The maximum absolute atomic E-state index is 12.1. The summed E-state index contributed by atoms with van der Waals surface area (Å²) in [6, 6.07) is 14.9. The normalized spacial score (nSPS) is 13.1. The Balaban J connectivity index is 1.48. The number of hydrogen-bond acceptors (Lipinski definition) is 5. The van der Waals surface area contributed by atoms with Crippen LogP contribution in [0.5, 0.6) is 0 Å². The van der Waals surface area contributed by atoms with E-state index in [9.17, 15) is 14.4 Å². The van der Waals surface area contributed by atoms with Crippen LogP contribution >= 0.6 is 0 Å². The topological polar surface area (TPSA) is 114 Å². The Morgan fingerprint density at radius 1 is 1.03 bits per heavy atom. The van der Waals surface area contributed by atoms with Gasteiger partial charge in [-0.25, -0.2) is 9.59 Å². The number of carbonyl (C=O) groups excluding carboxylic acids is 2. The molecule has 3 rings (SSSR count). The molecular formula is C22H24N2O6. The van der Waals surface area contributed by atoms with Gasteiger partial charge >= 0.3 is 12.1 Å². The molecule has 2 amide bonds. The van der Waals surface area contributed by atoms with Crippen molar-refractivity contribution >= 4 is 18.0 Å². The van der Waals surface area contributed by atoms with E-state index in [0.717, 1.165) is 22.3 Å². The number of nitrogens with one attached hydrogen (secondary N) is 2. The number of carboxylic acid groups (broad SMARTS) is 1. The highest BCUT2D eigenvalue weighted by molar-refractivity contribution is 5.84. The molecule has 158 valence electrons. The molecule has 8 heteroatoms. The molecule has 0 radical (unpaired) electrons. The van der Waals surface area contributed by atoms with E-state index in [4.69, 9.17) is 14.6 Å². The third-order valence-electron chi connectivity index (χ3n) is 4.93. The number of hydrogen-bond donors (Lipinski definition) is 3. The lowest BCUT2D eigenvalue weighted by Gasteiger charge is -2.15. The third-order valence-corrected chi connectivity index (χ3v) is 4.93. The van der Waals surface area contributed by atoms with Gasteiger partial charge in [-0.15, -0.1) is 0 Å². The predicted octanol–water partition coefficient (Wildman–Crippen LogP) is 2.13. The second kappa shape index (κ2) is 9.89. The first-order valence-electron chi connectivity index (χ1n) is 9.61. The first-order valence-corrected chi connectivity index (χ1v) is 9.61. The summed E-state index contributed by atoms with van der Waals surface area (Å²) in [7, 11) is 1.35. The van der Waals surface area contributed by atoms with Gasteiger partial charge in [0.25, 0.3) is 0 Å². The van der Waals surface area contributed by atoms with Crippen molar-refractivity contribution in [3.63, 3.8) is 0 Å². The monoisotopic (exact) mass is 412 g/mol. The van der Waals surface area contributed by atoms with Crippen LogP contribution < -0.4 is 10.6 Å². The van der Waals surface area contributed by atoms with Gasteiger partial charge in [0.15, 0.2) is 6.04 Å². The third kappa shape index (κ3) is 4.96. The van der Waals surface area contributed by atoms with Crippen LogP contribution in [0.4, 0.5) is 4.79 Å². The second-order valence-corrected chi connectivity index (χ2v) is 6.92. The van der Waals surface area contributed by atoms with E-state index in [0.29, 0.717) is 0 Å². The number of ether oxygens (including phenoxy) is 2. The molecule has 30 heavy (non-hydrogen) atoms. The first kappa shape index (κ1) is 21.3. The number of fused-ring (bicyclic) bond motifs is 3. The summed E-state index contributed by atoms with van der Waals surface area (Å²) in [5, 5.41) is 13.8. The fraction of sp³-hybridized carbons (Fsp3) is 0.318. The number of carbonyl (C=O) groups is 3. The fourth-order valence-electron chi connectivity index (χ4n) is 3.54. The molecule has 1 aliphatic carbocycles. The molecule has 0 bridgehead atoms. The molecule has 1 atom stereocenters. The average molecular weight is 412 g/mol. The van der Waals surface area contributed by atoms with Crippen molar-refractivity contribution in [2.24, 2.45) is 0 Å². The van der Waals surface area contributed by atoms with Gasteiger partial charge in [0.2, 0.25) is 5.91 Å². The summed E-state index contributed by atoms with van der Waals surface area (Å²) in [5.74, 6) is -1.73. The Morgan fingerprint density at radius 3 is 2.20 bits per heavy atom. The number of carboxylic acids is 1. The van der Waals surface area contributed by atoms with Crippen LogP contribution in [-0.4, -0.2) is 56.0 Å². The van der Waals surface area contributed by atoms with Crippen LogP contribution in [0, 0.1) is 0 Å². The number of alkyl carbamates (subject to hydrolysis) is 1. The first-order chi connectivity index (χ1) is 14.5. The van der Waals surface area contributed by atoms with E-state index < -0.39 is 24.0 Å². The minimum atomic E-state index is -1.19. The zero-order valence-electron chi connectivity index (χ0n) is 16.6. The summed E-state index contributed by atoms with van der Waals surface area (Å²) in [6.07, 6.45) is -0.700. The minimum absolute atomic E-state index is 0.0296. The highest BCUT2D eigenvalue weighted by atomic mass is 16.5. The van der Waals surface area contributed by atoms with E-state index in [1.54, 1.807) is 0 Å². The van der Waals surface area contributed by atoms with Crippen molar-refractivity contribution in [2.75, 3.05) is 26.9 Å². The van der Waals surface area contributed by atoms with Gasteiger partial charge in [-0.1, -0.05) is 48.5 Å². The number of aliphatic carboxylic acids is 1. The van der Waals surface area contributed by atoms with Gasteiger partial charge in [0.1, 0.15) is 6.61 Å². The highest BCUT2D eigenvalue weighted by Crippen LogP contribution is 2.44. The van der Waals surface area contributed by atoms with E-state index >= 15 is 0 Å².